The third-order valence-electron chi connectivity index (χ3n) is 4.70. The van der Waals surface area contributed by atoms with Crippen LogP contribution in [0.15, 0.2) is 17.5 Å². The van der Waals surface area contributed by atoms with Crippen molar-refractivity contribution < 1.29 is 9.59 Å². The zero-order chi connectivity index (χ0) is 16.5. The Morgan fingerprint density at radius 3 is 2.96 bits per heavy atom. The number of rotatable bonds is 4. The topological polar surface area (TPSA) is 62.3 Å². The Kier molecular flexibility index (Phi) is 4.37. The van der Waals surface area contributed by atoms with E-state index in [1.165, 1.54) is 11.3 Å². The van der Waals surface area contributed by atoms with E-state index < -0.39 is 0 Å². The Morgan fingerprint density at radius 2 is 2.25 bits per heavy atom. The smallest absolute Gasteiger partial charge is 0.229 e. The molecule has 1 saturated carbocycles. The number of fused-ring (bicyclic) bond motifs is 1. The number of amides is 2. The van der Waals surface area contributed by atoms with Gasteiger partial charge in [0.05, 0.1) is 18.7 Å². The molecule has 0 spiro atoms. The van der Waals surface area contributed by atoms with Crippen molar-refractivity contribution in [3.63, 3.8) is 0 Å². The summed E-state index contributed by atoms with van der Waals surface area (Å²) in [5.41, 5.74) is 1.03. The van der Waals surface area contributed by atoms with Gasteiger partial charge >= 0.3 is 0 Å². The Bertz CT molecular complexity index is 750. The number of anilines is 1. The zero-order valence-electron chi connectivity index (χ0n) is 13.3. The van der Waals surface area contributed by atoms with Crippen LogP contribution < -0.4 is 5.32 Å². The van der Waals surface area contributed by atoms with Gasteiger partial charge in [0.2, 0.25) is 11.8 Å². The number of aromatic nitrogens is 1. The van der Waals surface area contributed by atoms with E-state index in [2.05, 4.69) is 10.3 Å². The summed E-state index contributed by atoms with van der Waals surface area (Å²) in [5.74, 6) is 0.421. The highest BCUT2D eigenvalue weighted by atomic mass is 32.1. The maximum Gasteiger partial charge on any atom is 0.229 e. The van der Waals surface area contributed by atoms with Gasteiger partial charge < -0.3 is 10.2 Å². The Hall–Kier alpha value is -1.73. The highest BCUT2D eigenvalue weighted by Crippen LogP contribution is 2.31. The first kappa shape index (κ1) is 15.8. The van der Waals surface area contributed by atoms with E-state index in [0.29, 0.717) is 24.6 Å². The lowest BCUT2D eigenvalue weighted by Gasteiger charge is -2.25. The van der Waals surface area contributed by atoms with Gasteiger partial charge in [-0.25, -0.2) is 4.98 Å². The fourth-order valence-corrected chi connectivity index (χ4v) is 4.74. The van der Waals surface area contributed by atoms with Crippen LogP contribution in [-0.4, -0.2) is 28.2 Å². The number of thiophene rings is 1. The third kappa shape index (κ3) is 3.23. The van der Waals surface area contributed by atoms with Gasteiger partial charge in [-0.2, -0.15) is 0 Å². The third-order valence-corrected chi connectivity index (χ3v) is 6.57. The van der Waals surface area contributed by atoms with E-state index in [1.54, 1.807) is 11.3 Å². The Morgan fingerprint density at radius 1 is 1.38 bits per heavy atom. The molecule has 0 saturated heterocycles. The number of carbonyl (C=O) groups is 2. The van der Waals surface area contributed by atoms with Crippen LogP contribution in [0.4, 0.5) is 5.13 Å². The summed E-state index contributed by atoms with van der Waals surface area (Å²) in [6, 6.07) is 3.97. The quantitative estimate of drug-likeness (QED) is 0.910. The number of hydrogen-bond acceptors (Lipinski definition) is 5. The maximum absolute atomic E-state index is 12.4. The van der Waals surface area contributed by atoms with E-state index >= 15 is 0 Å². The molecule has 0 atom stereocenters. The van der Waals surface area contributed by atoms with E-state index in [9.17, 15) is 9.59 Å². The van der Waals surface area contributed by atoms with Crippen molar-refractivity contribution in [1.82, 2.24) is 9.88 Å². The lowest BCUT2D eigenvalue weighted by atomic mass is 9.85. The molecule has 0 bridgehead atoms. The molecule has 2 amide bonds. The first-order valence-electron chi connectivity index (χ1n) is 8.28. The van der Waals surface area contributed by atoms with Crippen molar-refractivity contribution in [2.45, 2.75) is 38.6 Å². The highest BCUT2D eigenvalue weighted by Gasteiger charge is 2.28. The van der Waals surface area contributed by atoms with E-state index in [4.69, 9.17) is 0 Å². The summed E-state index contributed by atoms with van der Waals surface area (Å²) >= 11 is 3.13. The van der Waals surface area contributed by atoms with Crippen molar-refractivity contribution in [2.75, 3.05) is 11.9 Å². The second kappa shape index (κ2) is 6.64. The zero-order valence-corrected chi connectivity index (χ0v) is 14.9. The van der Waals surface area contributed by atoms with Crippen LogP contribution in [0.5, 0.6) is 0 Å². The molecule has 2 aromatic rings. The fraction of sp³-hybridized carbons (Fsp3) is 0.471. The lowest BCUT2D eigenvalue weighted by Crippen LogP contribution is -2.36. The molecule has 4 rings (SSSR count). The minimum atomic E-state index is 0.0953. The summed E-state index contributed by atoms with van der Waals surface area (Å²) in [6.07, 6.45) is 4.36. The van der Waals surface area contributed by atoms with Gasteiger partial charge in [0, 0.05) is 28.6 Å². The first-order chi connectivity index (χ1) is 11.7. The average Bonchev–Trinajstić information content (AvgIpc) is 3.12. The van der Waals surface area contributed by atoms with Crippen LogP contribution in [0.2, 0.25) is 0 Å². The second-order valence-corrected chi connectivity index (χ2v) is 8.44. The van der Waals surface area contributed by atoms with Gasteiger partial charge in [0.15, 0.2) is 5.13 Å². The van der Waals surface area contributed by atoms with Crippen LogP contribution in [0, 0.1) is 5.92 Å². The van der Waals surface area contributed by atoms with E-state index in [1.807, 2.05) is 22.4 Å². The molecule has 7 heteroatoms. The molecule has 0 aromatic carbocycles. The highest BCUT2D eigenvalue weighted by molar-refractivity contribution is 7.15. The molecule has 1 aliphatic heterocycles. The van der Waals surface area contributed by atoms with E-state index in [-0.39, 0.29) is 17.7 Å². The second-order valence-electron chi connectivity index (χ2n) is 6.33. The van der Waals surface area contributed by atoms with Crippen molar-refractivity contribution >= 4 is 39.6 Å². The molecule has 2 aromatic heterocycles. The average molecular weight is 361 g/mol. The summed E-state index contributed by atoms with van der Waals surface area (Å²) in [7, 11) is 0. The Labute approximate surface area is 148 Å². The molecule has 1 aliphatic carbocycles. The van der Waals surface area contributed by atoms with Crippen LogP contribution in [0.25, 0.3) is 0 Å². The maximum atomic E-state index is 12.4. The minimum Gasteiger partial charge on any atom is -0.337 e. The van der Waals surface area contributed by atoms with Crippen molar-refractivity contribution in [1.29, 1.82) is 0 Å². The standard InChI is InChI=1S/C17H19N3O2S2/c21-15(9-12-5-2-8-23-12)20-7-6-13-14(10-20)24-17(18-13)19-16(22)11-3-1-4-11/h2,5,8,11H,1,3-4,6-7,9-10H2,(H,18,19,22). The van der Waals surface area contributed by atoms with Crippen LogP contribution >= 0.6 is 22.7 Å². The predicted molar refractivity (Wildman–Crippen MR) is 95.2 cm³/mol. The summed E-state index contributed by atoms with van der Waals surface area (Å²) in [4.78, 5) is 33.1. The van der Waals surface area contributed by atoms with Crippen molar-refractivity contribution in [3.05, 3.63) is 33.0 Å². The number of nitrogens with one attached hydrogen (secondary N) is 1. The largest absolute Gasteiger partial charge is 0.337 e. The number of nitrogens with zero attached hydrogens (tertiary/aromatic N) is 2. The monoisotopic (exact) mass is 361 g/mol. The SMILES string of the molecule is O=C(Nc1nc2c(s1)CN(C(=O)Cc1cccs1)CC2)C1CCC1. The van der Waals surface area contributed by atoms with Crippen LogP contribution in [0.3, 0.4) is 0 Å². The molecule has 2 aliphatic rings. The number of thiazole rings is 1. The summed E-state index contributed by atoms with van der Waals surface area (Å²) in [6.45, 7) is 1.31. The molecular formula is C17H19N3O2S2. The molecule has 24 heavy (non-hydrogen) atoms. The van der Waals surface area contributed by atoms with Gasteiger partial charge in [0.1, 0.15) is 0 Å². The minimum absolute atomic E-state index is 0.0953. The number of carbonyl (C=O) groups excluding carboxylic acids is 2. The van der Waals surface area contributed by atoms with Crippen molar-refractivity contribution in [2.24, 2.45) is 5.92 Å². The first-order valence-corrected chi connectivity index (χ1v) is 9.98. The predicted octanol–water partition coefficient (Wildman–Crippen LogP) is 3.07. The van der Waals surface area contributed by atoms with Gasteiger partial charge in [-0.05, 0) is 24.3 Å². The molecule has 126 valence electrons. The molecule has 0 unspecified atom stereocenters. The van der Waals surface area contributed by atoms with Gasteiger partial charge in [0.25, 0.3) is 0 Å². The molecular weight excluding hydrogens is 342 g/mol. The normalized spacial score (nSPS) is 17.2. The lowest BCUT2D eigenvalue weighted by molar-refractivity contribution is -0.131. The van der Waals surface area contributed by atoms with Crippen LogP contribution in [0.1, 0.15) is 34.7 Å². The summed E-state index contributed by atoms with van der Waals surface area (Å²) in [5, 5.41) is 5.63. The molecule has 1 N–H and O–H groups in total. The number of hydrogen-bond donors (Lipinski definition) is 1. The Balaban J connectivity index is 1.39. The molecule has 5 nitrogen and oxygen atoms in total. The van der Waals surface area contributed by atoms with Gasteiger partial charge in [-0.15, -0.1) is 11.3 Å². The van der Waals surface area contributed by atoms with E-state index in [0.717, 1.165) is 41.1 Å². The van der Waals surface area contributed by atoms with Crippen LogP contribution in [-0.2, 0) is 29.0 Å². The molecule has 3 heterocycles. The van der Waals surface area contributed by atoms with Crippen molar-refractivity contribution in [3.8, 4) is 0 Å². The fourth-order valence-electron chi connectivity index (χ4n) is 3.01. The summed E-state index contributed by atoms with van der Waals surface area (Å²) < 4.78 is 0. The van der Waals surface area contributed by atoms with Gasteiger partial charge in [-0.1, -0.05) is 23.8 Å². The molecule has 0 radical (unpaired) electrons. The van der Waals surface area contributed by atoms with Gasteiger partial charge in [-0.3, -0.25) is 9.59 Å². The molecule has 1 fully saturated rings.